The first kappa shape index (κ1) is 23.2. The monoisotopic (exact) mass is 397 g/mol. The number of hydrogen-bond acceptors (Lipinski definition) is 4. The Kier molecular flexibility index (Phi) is 11.5. The van der Waals surface area contributed by atoms with Gasteiger partial charge < -0.3 is 25.8 Å². The van der Waals surface area contributed by atoms with Gasteiger partial charge in [0.25, 0.3) is 0 Å². The van der Waals surface area contributed by atoms with Gasteiger partial charge in [-0.2, -0.15) is 0 Å². The van der Waals surface area contributed by atoms with Crippen molar-refractivity contribution in [2.24, 2.45) is 0 Å². The molecule has 1 aliphatic rings. The minimum Gasteiger partial charge on any atom is -0.356 e. The third-order valence-electron chi connectivity index (χ3n) is 4.42. The fourth-order valence-corrected chi connectivity index (χ4v) is 2.90. The van der Waals surface area contributed by atoms with Gasteiger partial charge in [0.15, 0.2) is 0 Å². The lowest BCUT2D eigenvalue weighted by Crippen LogP contribution is -2.44. The van der Waals surface area contributed by atoms with Crippen LogP contribution in [0.25, 0.3) is 0 Å². The normalized spacial score (nSPS) is 14.1. The quantitative estimate of drug-likeness (QED) is 0.544. The molecule has 2 rings (SSSR count). The van der Waals surface area contributed by atoms with E-state index < -0.39 is 0 Å². The predicted molar refractivity (Wildman–Crippen MR) is 110 cm³/mol. The molecule has 1 aromatic carbocycles. The number of amides is 3. The van der Waals surface area contributed by atoms with Crippen molar-refractivity contribution in [2.75, 3.05) is 52.9 Å². The second-order valence-electron chi connectivity index (χ2n) is 6.62. The van der Waals surface area contributed by atoms with Gasteiger partial charge in [-0.05, 0) is 18.5 Å². The molecule has 1 aromatic rings. The first-order valence-corrected chi connectivity index (χ1v) is 9.38. The van der Waals surface area contributed by atoms with Crippen LogP contribution in [0.15, 0.2) is 30.3 Å². The lowest BCUT2D eigenvalue weighted by molar-refractivity contribution is -0.120. The molecule has 0 spiro atoms. The summed E-state index contributed by atoms with van der Waals surface area (Å²) in [6.45, 7) is 6.85. The third-order valence-corrected chi connectivity index (χ3v) is 4.42. The maximum absolute atomic E-state index is 12.0. The number of hydrogen-bond donors (Lipinski definition) is 3. The van der Waals surface area contributed by atoms with Crippen molar-refractivity contribution in [3.63, 3.8) is 0 Å². The molecule has 1 fully saturated rings. The molecule has 7 nitrogen and oxygen atoms in total. The van der Waals surface area contributed by atoms with Crippen LogP contribution in [0.1, 0.15) is 18.4 Å². The van der Waals surface area contributed by atoms with Gasteiger partial charge >= 0.3 is 6.03 Å². The van der Waals surface area contributed by atoms with E-state index in [1.807, 2.05) is 30.3 Å². The van der Waals surface area contributed by atoms with Gasteiger partial charge in [-0.3, -0.25) is 4.79 Å². The van der Waals surface area contributed by atoms with E-state index in [-0.39, 0.29) is 24.3 Å². The van der Waals surface area contributed by atoms with Gasteiger partial charge in [0.05, 0.1) is 0 Å². The Morgan fingerprint density at radius 2 is 1.81 bits per heavy atom. The van der Waals surface area contributed by atoms with Gasteiger partial charge in [-0.25, -0.2) is 4.79 Å². The van der Waals surface area contributed by atoms with Crippen molar-refractivity contribution in [2.45, 2.75) is 19.4 Å². The topological polar surface area (TPSA) is 76.7 Å². The van der Waals surface area contributed by atoms with Gasteiger partial charge in [0.2, 0.25) is 5.91 Å². The van der Waals surface area contributed by atoms with Crippen molar-refractivity contribution < 1.29 is 9.59 Å². The Morgan fingerprint density at radius 3 is 2.52 bits per heavy atom. The molecule has 1 aliphatic heterocycles. The summed E-state index contributed by atoms with van der Waals surface area (Å²) in [5.41, 5.74) is 1.08. The molecular weight excluding hydrogens is 366 g/mol. The van der Waals surface area contributed by atoms with Gasteiger partial charge in [-0.1, -0.05) is 30.3 Å². The van der Waals surface area contributed by atoms with Crippen LogP contribution in [0.5, 0.6) is 0 Å². The van der Waals surface area contributed by atoms with Gasteiger partial charge in [0.1, 0.15) is 0 Å². The molecule has 3 amide bonds. The molecule has 0 saturated carbocycles. The SMILES string of the molecule is CN(Cc1ccccc1)C(=O)NCCC(=O)NCCCN1CCNCC1.Cl. The number of benzene rings is 1. The summed E-state index contributed by atoms with van der Waals surface area (Å²) in [5.74, 6) is -0.0173. The molecule has 3 N–H and O–H groups in total. The molecule has 0 aliphatic carbocycles. The van der Waals surface area contributed by atoms with E-state index in [4.69, 9.17) is 0 Å². The molecule has 27 heavy (non-hydrogen) atoms. The van der Waals surface area contributed by atoms with Crippen LogP contribution in [-0.4, -0.2) is 74.6 Å². The Hall–Kier alpha value is -1.83. The minimum atomic E-state index is -0.166. The van der Waals surface area contributed by atoms with E-state index in [2.05, 4.69) is 20.9 Å². The molecule has 8 heteroatoms. The van der Waals surface area contributed by atoms with Crippen LogP contribution in [0.3, 0.4) is 0 Å². The van der Waals surface area contributed by atoms with Crippen LogP contribution < -0.4 is 16.0 Å². The van der Waals surface area contributed by atoms with Crippen LogP contribution in [0.2, 0.25) is 0 Å². The van der Waals surface area contributed by atoms with Crippen LogP contribution in [0, 0.1) is 0 Å². The highest BCUT2D eigenvalue weighted by atomic mass is 35.5. The number of piperazine rings is 1. The van der Waals surface area contributed by atoms with E-state index in [9.17, 15) is 9.59 Å². The number of urea groups is 1. The van der Waals surface area contributed by atoms with Crippen molar-refractivity contribution in [1.29, 1.82) is 0 Å². The Morgan fingerprint density at radius 1 is 1.11 bits per heavy atom. The fraction of sp³-hybridized carbons (Fsp3) is 0.579. The second kappa shape index (κ2) is 13.4. The summed E-state index contributed by atoms with van der Waals surface area (Å²) in [4.78, 5) is 27.9. The van der Waals surface area contributed by atoms with E-state index in [0.29, 0.717) is 26.1 Å². The number of carbonyl (C=O) groups excluding carboxylic acids is 2. The van der Waals surface area contributed by atoms with Crippen LogP contribution in [-0.2, 0) is 11.3 Å². The number of nitrogens with zero attached hydrogens (tertiary/aromatic N) is 2. The van der Waals surface area contributed by atoms with Gasteiger partial charge in [-0.15, -0.1) is 12.4 Å². The zero-order chi connectivity index (χ0) is 18.6. The maximum Gasteiger partial charge on any atom is 0.317 e. The Bertz CT molecular complexity index is 552. The molecule has 152 valence electrons. The first-order chi connectivity index (χ1) is 12.6. The lowest BCUT2D eigenvalue weighted by atomic mass is 10.2. The minimum absolute atomic E-state index is 0. The summed E-state index contributed by atoms with van der Waals surface area (Å²) in [7, 11) is 1.75. The average Bonchev–Trinajstić information content (AvgIpc) is 2.67. The second-order valence-corrected chi connectivity index (χ2v) is 6.62. The average molecular weight is 398 g/mol. The Balaban J connectivity index is 0.00000364. The van der Waals surface area contributed by atoms with E-state index in [1.165, 1.54) is 0 Å². The largest absolute Gasteiger partial charge is 0.356 e. The van der Waals surface area contributed by atoms with E-state index >= 15 is 0 Å². The van der Waals surface area contributed by atoms with Crippen molar-refractivity contribution in [1.82, 2.24) is 25.8 Å². The molecule has 0 unspecified atom stereocenters. The summed E-state index contributed by atoms with van der Waals surface area (Å²) in [6.07, 6.45) is 1.26. The number of nitrogens with one attached hydrogen (secondary N) is 3. The van der Waals surface area contributed by atoms with Gasteiger partial charge in [0, 0.05) is 59.3 Å². The molecule has 1 saturated heterocycles. The van der Waals surface area contributed by atoms with Crippen molar-refractivity contribution in [3.8, 4) is 0 Å². The summed E-state index contributed by atoms with van der Waals surface area (Å²) in [6, 6.07) is 9.66. The lowest BCUT2D eigenvalue weighted by Gasteiger charge is -2.27. The maximum atomic E-state index is 12.0. The third kappa shape index (κ3) is 9.60. The standard InChI is InChI=1S/C19H31N5O2.ClH/c1-23(16-17-6-3-2-4-7-17)19(26)22-10-8-18(25)21-9-5-13-24-14-11-20-12-15-24;/h2-4,6-7,20H,5,8-16H2,1H3,(H,21,25)(H,22,26);1H. The highest BCUT2D eigenvalue weighted by molar-refractivity contribution is 5.85. The van der Waals surface area contributed by atoms with E-state index in [0.717, 1.165) is 44.7 Å². The van der Waals surface area contributed by atoms with Crippen LogP contribution in [0.4, 0.5) is 4.79 Å². The highest BCUT2D eigenvalue weighted by Crippen LogP contribution is 2.02. The molecule has 0 atom stereocenters. The highest BCUT2D eigenvalue weighted by Gasteiger charge is 2.10. The van der Waals surface area contributed by atoms with Crippen molar-refractivity contribution >= 4 is 24.3 Å². The summed E-state index contributed by atoms with van der Waals surface area (Å²) < 4.78 is 0. The molecular formula is C19H32ClN5O2. The van der Waals surface area contributed by atoms with Crippen LogP contribution >= 0.6 is 12.4 Å². The molecule has 0 radical (unpaired) electrons. The zero-order valence-electron chi connectivity index (χ0n) is 16.1. The number of rotatable bonds is 9. The summed E-state index contributed by atoms with van der Waals surface area (Å²) in [5, 5.41) is 9.03. The summed E-state index contributed by atoms with van der Waals surface area (Å²) >= 11 is 0. The predicted octanol–water partition coefficient (Wildman–Crippen LogP) is 1.05. The molecule has 0 aromatic heterocycles. The van der Waals surface area contributed by atoms with E-state index in [1.54, 1.807) is 11.9 Å². The fourth-order valence-electron chi connectivity index (χ4n) is 2.90. The number of halogens is 1. The Labute approximate surface area is 168 Å². The van der Waals surface area contributed by atoms with Crippen molar-refractivity contribution in [3.05, 3.63) is 35.9 Å². The smallest absolute Gasteiger partial charge is 0.317 e. The molecule has 0 bridgehead atoms. The molecule has 1 heterocycles. The zero-order valence-corrected chi connectivity index (χ0v) is 16.9. The first-order valence-electron chi connectivity index (χ1n) is 9.38. The number of carbonyl (C=O) groups is 2.